The molecule has 0 saturated carbocycles. The van der Waals surface area contributed by atoms with Crippen LogP contribution in [0.25, 0.3) is 22.2 Å². The van der Waals surface area contributed by atoms with Crippen molar-refractivity contribution in [2.45, 2.75) is 0 Å². The second kappa shape index (κ2) is 4.26. The lowest BCUT2D eigenvalue weighted by atomic mass is 10.1. The van der Waals surface area contributed by atoms with Crippen LogP contribution in [0, 0.1) is 10.1 Å². The van der Waals surface area contributed by atoms with Crippen LogP contribution in [-0.2, 0) is 0 Å². The molecule has 3 rings (SSSR count). The number of ether oxygens (including phenoxy) is 1. The second-order valence-corrected chi connectivity index (χ2v) is 4.10. The molecule has 0 saturated heterocycles. The average Bonchev–Trinajstić information content (AvgIpc) is 3.02. The highest BCUT2D eigenvalue weighted by molar-refractivity contribution is 6.00. The fraction of sp³-hybridized carbons (Fsp3) is 0.0833. The molecule has 0 spiro atoms. The number of methoxy groups -OCH3 is 1. The SMILES string of the molecule is COc1cc([N+](=O)[O-])c2[nH]cc(-c3coc(N)n3)c2c1. The molecule has 0 bridgehead atoms. The first-order valence-corrected chi connectivity index (χ1v) is 5.65. The number of anilines is 1. The summed E-state index contributed by atoms with van der Waals surface area (Å²) < 4.78 is 10.1. The van der Waals surface area contributed by atoms with Crippen LogP contribution < -0.4 is 10.5 Å². The molecule has 0 atom stereocenters. The molecule has 0 amide bonds. The lowest BCUT2D eigenvalue weighted by molar-refractivity contribution is -0.383. The van der Waals surface area contributed by atoms with E-state index in [-0.39, 0.29) is 11.7 Å². The van der Waals surface area contributed by atoms with Gasteiger partial charge in [-0.2, -0.15) is 4.98 Å². The van der Waals surface area contributed by atoms with Gasteiger partial charge in [-0.05, 0) is 6.07 Å². The first-order valence-electron chi connectivity index (χ1n) is 5.65. The molecular weight excluding hydrogens is 264 g/mol. The number of rotatable bonds is 3. The third-order valence-corrected chi connectivity index (χ3v) is 2.97. The molecule has 3 N–H and O–H groups in total. The van der Waals surface area contributed by atoms with Crippen LogP contribution in [-0.4, -0.2) is 22.0 Å². The van der Waals surface area contributed by atoms with Gasteiger partial charge in [0.15, 0.2) is 0 Å². The van der Waals surface area contributed by atoms with Crippen LogP contribution in [0.2, 0.25) is 0 Å². The van der Waals surface area contributed by atoms with Crippen molar-refractivity contribution < 1.29 is 14.1 Å². The first-order chi connectivity index (χ1) is 9.60. The zero-order chi connectivity index (χ0) is 14.3. The highest BCUT2D eigenvalue weighted by atomic mass is 16.6. The summed E-state index contributed by atoms with van der Waals surface area (Å²) in [5.41, 5.74) is 6.92. The van der Waals surface area contributed by atoms with Gasteiger partial charge in [0.25, 0.3) is 11.7 Å². The molecule has 20 heavy (non-hydrogen) atoms. The molecule has 8 nitrogen and oxygen atoms in total. The molecule has 2 heterocycles. The van der Waals surface area contributed by atoms with Crippen molar-refractivity contribution in [2.24, 2.45) is 0 Å². The molecule has 2 aromatic heterocycles. The number of nitro groups is 1. The number of H-pyrrole nitrogens is 1. The maximum Gasteiger partial charge on any atom is 0.297 e. The summed E-state index contributed by atoms with van der Waals surface area (Å²) in [4.78, 5) is 17.5. The van der Waals surface area contributed by atoms with E-state index in [1.54, 1.807) is 12.3 Å². The standard InChI is InChI=1S/C12H10N4O4/c1-19-6-2-7-8(9-5-20-12(13)15-9)4-14-11(7)10(3-6)16(17)18/h2-5,14H,1H3,(H2,13,15). The predicted octanol–water partition coefficient (Wildman–Crippen LogP) is 2.32. The number of hydrogen-bond donors (Lipinski definition) is 2. The van der Waals surface area contributed by atoms with Gasteiger partial charge in [-0.3, -0.25) is 10.1 Å². The quantitative estimate of drug-likeness (QED) is 0.558. The molecule has 0 radical (unpaired) electrons. The van der Waals surface area contributed by atoms with Crippen LogP contribution in [0.1, 0.15) is 0 Å². The smallest absolute Gasteiger partial charge is 0.297 e. The van der Waals surface area contributed by atoms with E-state index in [0.29, 0.717) is 27.9 Å². The number of oxazole rings is 1. The van der Waals surface area contributed by atoms with Gasteiger partial charge in [0, 0.05) is 17.1 Å². The number of nitro benzene ring substituents is 1. The first kappa shape index (κ1) is 12.0. The number of nitrogens with zero attached hydrogens (tertiary/aromatic N) is 2. The second-order valence-electron chi connectivity index (χ2n) is 4.10. The van der Waals surface area contributed by atoms with Gasteiger partial charge in [0.2, 0.25) is 0 Å². The number of nitrogen functional groups attached to an aromatic ring is 1. The van der Waals surface area contributed by atoms with E-state index in [1.165, 1.54) is 19.4 Å². The van der Waals surface area contributed by atoms with Crippen molar-refractivity contribution >= 4 is 22.6 Å². The number of aromatic amines is 1. The van der Waals surface area contributed by atoms with E-state index < -0.39 is 4.92 Å². The minimum Gasteiger partial charge on any atom is -0.496 e. The van der Waals surface area contributed by atoms with E-state index in [9.17, 15) is 10.1 Å². The van der Waals surface area contributed by atoms with E-state index in [4.69, 9.17) is 14.9 Å². The maximum atomic E-state index is 11.1. The van der Waals surface area contributed by atoms with Crippen molar-refractivity contribution in [1.29, 1.82) is 0 Å². The molecule has 0 aliphatic carbocycles. The summed E-state index contributed by atoms with van der Waals surface area (Å²) in [6.07, 6.45) is 3.01. The molecular formula is C12H10N4O4. The van der Waals surface area contributed by atoms with Crippen molar-refractivity contribution in [3.05, 3.63) is 34.7 Å². The molecule has 102 valence electrons. The average molecular weight is 274 g/mol. The molecule has 0 unspecified atom stereocenters. The highest BCUT2D eigenvalue weighted by Gasteiger charge is 2.20. The number of aromatic nitrogens is 2. The number of fused-ring (bicyclic) bond motifs is 1. The minimum absolute atomic E-state index is 0.0340. The number of non-ortho nitro benzene ring substituents is 1. The van der Waals surface area contributed by atoms with Gasteiger partial charge in [0.05, 0.1) is 18.1 Å². The summed E-state index contributed by atoms with van der Waals surface area (Å²) in [5, 5.41) is 11.7. The summed E-state index contributed by atoms with van der Waals surface area (Å²) in [5.74, 6) is 0.390. The Morgan fingerprint density at radius 1 is 1.50 bits per heavy atom. The van der Waals surface area contributed by atoms with Crippen LogP contribution in [0.4, 0.5) is 11.7 Å². The molecule has 0 aliphatic heterocycles. The predicted molar refractivity (Wildman–Crippen MR) is 71.4 cm³/mol. The third kappa shape index (κ3) is 1.74. The van der Waals surface area contributed by atoms with Gasteiger partial charge in [-0.25, -0.2) is 0 Å². The Morgan fingerprint density at radius 3 is 2.90 bits per heavy atom. The Labute approximate surface area is 112 Å². The Bertz CT molecular complexity index is 805. The van der Waals surface area contributed by atoms with E-state index in [0.717, 1.165) is 0 Å². The lowest BCUT2D eigenvalue weighted by Gasteiger charge is -2.01. The van der Waals surface area contributed by atoms with E-state index in [2.05, 4.69) is 9.97 Å². The number of nitrogens with two attached hydrogens (primary N) is 1. The lowest BCUT2D eigenvalue weighted by Crippen LogP contribution is -1.91. The topological polar surface area (TPSA) is 120 Å². The Kier molecular flexibility index (Phi) is 2.56. The van der Waals surface area contributed by atoms with Gasteiger partial charge in [0.1, 0.15) is 23.2 Å². The Hall–Kier alpha value is -3.03. The molecule has 3 aromatic rings. The highest BCUT2D eigenvalue weighted by Crippen LogP contribution is 2.36. The normalized spacial score (nSPS) is 10.8. The summed E-state index contributed by atoms with van der Waals surface area (Å²) >= 11 is 0. The fourth-order valence-corrected chi connectivity index (χ4v) is 2.07. The van der Waals surface area contributed by atoms with Crippen LogP contribution in [0.15, 0.2) is 29.0 Å². The van der Waals surface area contributed by atoms with Crippen LogP contribution in [0.3, 0.4) is 0 Å². The Balaban J connectivity index is 2.30. The van der Waals surface area contributed by atoms with Crippen molar-refractivity contribution in [2.75, 3.05) is 12.8 Å². The summed E-state index contributed by atoms with van der Waals surface area (Å²) in [7, 11) is 1.45. The van der Waals surface area contributed by atoms with Gasteiger partial charge < -0.3 is 19.9 Å². The monoisotopic (exact) mass is 274 g/mol. The summed E-state index contributed by atoms with van der Waals surface area (Å²) in [6.45, 7) is 0. The molecule has 0 aliphatic rings. The molecule has 8 heteroatoms. The van der Waals surface area contributed by atoms with Gasteiger partial charge in [-0.1, -0.05) is 0 Å². The zero-order valence-corrected chi connectivity index (χ0v) is 10.4. The number of nitrogens with one attached hydrogen (secondary N) is 1. The molecule has 0 fully saturated rings. The molecule has 1 aromatic carbocycles. The zero-order valence-electron chi connectivity index (χ0n) is 10.4. The van der Waals surface area contributed by atoms with Crippen LogP contribution in [0.5, 0.6) is 5.75 Å². The number of benzene rings is 1. The maximum absolute atomic E-state index is 11.1. The third-order valence-electron chi connectivity index (χ3n) is 2.97. The van der Waals surface area contributed by atoms with E-state index in [1.807, 2.05) is 0 Å². The minimum atomic E-state index is -0.470. The van der Waals surface area contributed by atoms with Gasteiger partial charge in [-0.15, -0.1) is 0 Å². The van der Waals surface area contributed by atoms with E-state index >= 15 is 0 Å². The Morgan fingerprint density at radius 2 is 2.30 bits per heavy atom. The number of hydrogen-bond acceptors (Lipinski definition) is 6. The van der Waals surface area contributed by atoms with Gasteiger partial charge >= 0.3 is 0 Å². The van der Waals surface area contributed by atoms with Crippen molar-refractivity contribution in [1.82, 2.24) is 9.97 Å². The van der Waals surface area contributed by atoms with Crippen LogP contribution >= 0.6 is 0 Å². The van der Waals surface area contributed by atoms with Crippen molar-refractivity contribution in [3.63, 3.8) is 0 Å². The summed E-state index contributed by atoms with van der Waals surface area (Å²) in [6, 6.07) is 3.09. The van der Waals surface area contributed by atoms with Crippen molar-refractivity contribution in [3.8, 4) is 17.0 Å². The largest absolute Gasteiger partial charge is 0.496 e. The fourth-order valence-electron chi connectivity index (χ4n) is 2.07.